The fraction of sp³-hybridized carbons (Fsp3) is 0.182. The fourth-order valence-corrected chi connectivity index (χ4v) is 3.87. The number of rotatable bonds is 5. The molecule has 0 spiro atoms. The number of nitro benzene ring substituents is 2. The van der Waals surface area contributed by atoms with Crippen molar-refractivity contribution >= 4 is 11.4 Å². The van der Waals surface area contributed by atoms with Crippen molar-refractivity contribution in [1.82, 2.24) is 0 Å². The standard InChI is InChI=1S/C22H15F3N2O5/c23-22(24,25)17-11-19(26(28)29)21(20(12-17)27(30)31)32-18-7-6-14-8-15(9-16(14)10-18)13-4-2-1-3-5-13/h1-7,10-12,15H,8-9H2. The molecule has 1 aliphatic carbocycles. The lowest BCUT2D eigenvalue weighted by Gasteiger charge is -2.11. The highest BCUT2D eigenvalue weighted by atomic mass is 19.4. The van der Waals surface area contributed by atoms with E-state index >= 15 is 0 Å². The monoisotopic (exact) mass is 444 g/mol. The van der Waals surface area contributed by atoms with E-state index in [1.165, 1.54) is 6.07 Å². The van der Waals surface area contributed by atoms with Crippen molar-refractivity contribution in [3.05, 3.63) is 103 Å². The Morgan fingerprint density at radius 1 is 0.844 bits per heavy atom. The molecule has 7 nitrogen and oxygen atoms in total. The summed E-state index contributed by atoms with van der Waals surface area (Å²) in [4.78, 5) is 20.5. The van der Waals surface area contributed by atoms with Crippen molar-refractivity contribution in [3.63, 3.8) is 0 Å². The number of ether oxygens (including phenoxy) is 1. The summed E-state index contributed by atoms with van der Waals surface area (Å²) in [5.41, 5.74) is -0.650. The van der Waals surface area contributed by atoms with Crippen LogP contribution in [-0.2, 0) is 19.0 Å². The SMILES string of the molecule is O=[N+]([O-])c1cc(C(F)(F)F)cc([N+](=O)[O-])c1Oc1ccc2c(c1)CC(c1ccccc1)C2. The molecule has 0 radical (unpaired) electrons. The van der Waals surface area contributed by atoms with Gasteiger partial charge < -0.3 is 4.74 Å². The van der Waals surface area contributed by atoms with Gasteiger partial charge in [-0.2, -0.15) is 13.2 Å². The van der Waals surface area contributed by atoms with E-state index in [4.69, 9.17) is 4.74 Å². The van der Waals surface area contributed by atoms with Gasteiger partial charge in [-0.25, -0.2) is 0 Å². The van der Waals surface area contributed by atoms with Gasteiger partial charge in [-0.1, -0.05) is 36.4 Å². The van der Waals surface area contributed by atoms with Crippen LogP contribution in [0.1, 0.15) is 28.2 Å². The van der Waals surface area contributed by atoms with Crippen LogP contribution in [0, 0.1) is 20.2 Å². The number of nitrogens with zero attached hydrogens (tertiary/aromatic N) is 2. The minimum Gasteiger partial charge on any atom is -0.444 e. The van der Waals surface area contributed by atoms with Crippen molar-refractivity contribution in [2.75, 3.05) is 0 Å². The summed E-state index contributed by atoms with van der Waals surface area (Å²) in [6, 6.07) is 15.2. The molecular formula is C22H15F3N2O5. The molecule has 0 bridgehead atoms. The average Bonchev–Trinajstić information content (AvgIpc) is 3.16. The Hall–Kier alpha value is -3.95. The van der Waals surface area contributed by atoms with Gasteiger partial charge in [0.05, 0.1) is 15.4 Å². The van der Waals surface area contributed by atoms with Crippen molar-refractivity contribution in [3.8, 4) is 11.5 Å². The topological polar surface area (TPSA) is 95.5 Å². The summed E-state index contributed by atoms with van der Waals surface area (Å²) < 4.78 is 44.7. The Morgan fingerprint density at radius 2 is 1.44 bits per heavy atom. The molecule has 32 heavy (non-hydrogen) atoms. The Bertz CT molecular complexity index is 1180. The van der Waals surface area contributed by atoms with Gasteiger partial charge in [-0.05, 0) is 47.6 Å². The van der Waals surface area contributed by atoms with Crippen molar-refractivity contribution in [2.45, 2.75) is 24.9 Å². The first kappa shape index (κ1) is 21.3. The summed E-state index contributed by atoms with van der Waals surface area (Å²) in [5, 5.41) is 22.8. The molecule has 164 valence electrons. The molecule has 0 N–H and O–H groups in total. The number of hydrogen-bond donors (Lipinski definition) is 0. The van der Waals surface area contributed by atoms with E-state index in [2.05, 4.69) is 0 Å². The maximum atomic E-state index is 13.1. The van der Waals surface area contributed by atoms with Gasteiger partial charge in [0.15, 0.2) is 0 Å². The van der Waals surface area contributed by atoms with Gasteiger partial charge >= 0.3 is 17.6 Å². The third kappa shape index (κ3) is 4.11. The highest BCUT2D eigenvalue weighted by Crippen LogP contribution is 2.45. The van der Waals surface area contributed by atoms with E-state index in [1.54, 1.807) is 12.1 Å². The molecule has 0 fully saturated rings. The molecule has 3 aromatic rings. The Labute approximate surface area is 179 Å². The zero-order valence-electron chi connectivity index (χ0n) is 16.3. The number of benzene rings is 3. The molecule has 10 heteroatoms. The van der Waals surface area contributed by atoms with Crippen LogP contribution >= 0.6 is 0 Å². The van der Waals surface area contributed by atoms with Crippen molar-refractivity contribution < 1.29 is 27.8 Å². The number of hydrogen-bond acceptors (Lipinski definition) is 5. The Kier molecular flexibility index (Phi) is 5.29. The maximum absolute atomic E-state index is 13.1. The molecule has 1 aliphatic rings. The first-order chi connectivity index (χ1) is 15.1. The minimum absolute atomic E-state index is 0.0726. The third-order valence-corrected chi connectivity index (χ3v) is 5.37. The number of nitro groups is 2. The fourth-order valence-electron chi connectivity index (χ4n) is 3.87. The van der Waals surface area contributed by atoms with Crippen LogP contribution < -0.4 is 4.74 Å². The molecule has 0 saturated heterocycles. The molecule has 1 unspecified atom stereocenters. The first-order valence-corrected chi connectivity index (χ1v) is 9.52. The van der Waals surface area contributed by atoms with Gasteiger partial charge in [0, 0.05) is 12.1 Å². The van der Waals surface area contributed by atoms with E-state index in [1.807, 2.05) is 30.3 Å². The van der Waals surface area contributed by atoms with E-state index in [-0.39, 0.29) is 23.8 Å². The van der Waals surface area contributed by atoms with Gasteiger partial charge in [-0.3, -0.25) is 20.2 Å². The molecule has 0 amide bonds. The molecule has 3 aromatic carbocycles. The third-order valence-electron chi connectivity index (χ3n) is 5.37. The van der Waals surface area contributed by atoms with E-state index in [9.17, 15) is 33.4 Å². The second kappa shape index (κ2) is 7.95. The zero-order chi connectivity index (χ0) is 23.0. The number of halogens is 3. The lowest BCUT2D eigenvalue weighted by molar-refractivity contribution is -0.396. The summed E-state index contributed by atoms with van der Waals surface area (Å²) in [6.07, 6.45) is -3.54. The first-order valence-electron chi connectivity index (χ1n) is 9.52. The van der Waals surface area contributed by atoms with Gasteiger partial charge in [0.25, 0.3) is 5.75 Å². The Balaban J connectivity index is 1.70. The molecule has 0 saturated carbocycles. The second-order valence-corrected chi connectivity index (χ2v) is 7.40. The summed E-state index contributed by atoms with van der Waals surface area (Å²) in [5.74, 6) is -0.537. The van der Waals surface area contributed by atoms with E-state index in [0.717, 1.165) is 23.1 Å². The minimum atomic E-state index is -4.99. The van der Waals surface area contributed by atoms with Crippen LogP contribution in [0.2, 0.25) is 0 Å². The molecule has 1 atom stereocenters. The summed E-state index contributed by atoms with van der Waals surface area (Å²) >= 11 is 0. The highest BCUT2D eigenvalue weighted by Gasteiger charge is 2.38. The quantitative estimate of drug-likeness (QED) is 0.345. The Morgan fingerprint density at radius 3 is 2.00 bits per heavy atom. The second-order valence-electron chi connectivity index (χ2n) is 7.40. The highest BCUT2D eigenvalue weighted by molar-refractivity contribution is 5.64. The van der Waals surface area contributed by atoms with Crippen LogP contribution in [0.15, 0.2) is 60.7 Å². The lowest BCUT2D eigenvalue weighted by atomic mass is 9.96. The van der Waals surface area contributed by atoms with Crippen LogP contribution in [0.25, 0.3) is 0 Å². The van der Waals surface area contributed by atoms with Crippen molar-refractivity contribution in [1.29, 1.82) is 0 Å². The molecule has 0 aliphatic heterocycles. The maximum Gasteiger partial charge on any atom is 0.416 e. The lowest BCUT2D eigenvalue weighted by Crippen LogP contribution is -2.08. The van der Waals surface area contributed by atoms with Gasteiger partial charge in [-0.15, -0.1) is 0 Å². The predicted molar refractivity (Wildman–Crippen MR) is 108 cm³/mol. The summed E-state index contributed by atoms with van der Waals surface area (Å²) in [6.45, 7) is 0. The number of fused-ring (bicyclic) bond motifs is 1. The molecule has 0 heterocycles. The summed E-state index contributed by atoms with van der Waals surface area (Å²) in [7, 11) is 0. The van der Waals surface area contributed by atoms with E-state index in [0.29, 0.717) is 6.42 Å². The number of alkyl halides is 3. The zero-order valence-corrected chi connectivity index (χ0v) is 16.3. The van der Waals surface area contributed by atoms with Gasteiger partial charge in [0.2, 0.25) is 0 Å². The largest absolute Gasteiger partial charge is 0.444 e. The average molecular weight is 444 g/mol. The van der Waals surface area contributed by atoms with Crippen LogP contribution in [0.4, 0.5) is 24.5 Å². The predicted octanol–water partition coefficient (Wildman–Crippen LogP) is 6.20. The van der Waals surface area contributed by atoms with Crippen LogP contribution in [0.5, 0.6) is 11.5 Å². The van der Waals surface area contributed by atoms with E-state index < -0.39 is 38.7 Å². The smallest absolute Gasteiger partial charge is 0.416 e. The molecular weight excluding hydrogens is 429 g/mol. The van der Waals surface area contributed by atoms with Crippen LogP contribution in [-0.4, -0.2) is 9.85 Å². The normalized spacial score (nSPS) is 15.3. The van der Waals surface area contributed by atoms with Crippen LogP contribution in [0.3, 0.4) is 0 Å². The molecule has 4 rings (SSSR count). The molecule has 0 aromatic heterocycles. The van der Waals surface area contributed by atoms with Crippen molar-refractivity contribution in [2.24, 2.45) is 0 Å². The van der Waals surface area contributed by atoms with Gasteiger partial charge in [0.1, 0.15) is 5.75 Å².